The second-order valence-corrected chi connectivity index (χ2v) is 9.98. The third-order valence-corrected chi connectivity index (χ3v) is 6.89. The molecule has 1 aliphatic rings. The number of allylic oxidation sites excluding steroid dienone is 1. The predicted molar refractivity (Wildman–Crippen MR) is 150 cm³/mol. The van der Waals surface area contributed by atoms with E-state index in [1.807, 2.05) is 93.6 Å². The van der Waals surface area contributed by atoms with E-state index in [2.05, 4.69) is 37.0 Å². The third kappa shape index (κ3) is 4.93. The number of hydrogen-bond donors (Lipinski definition) is 3. The molecule has 0 saturated carbocycles. The van der Waals surface area contributed by atoms with Crippen molar-refractivity contribution in [3.63, 3.8) is 0 Å². The lowest BCUT2D eigenvalue weighted by atomic mass is 9.94. The van der Waals surface area contributed by atoms with Gasteiger partial charge in [0.25, 0.3) is 11.8 Å². The zero-order valence-corrected chi connectivity index (χ0v) is 22.3. The molecule has 37 heavy (non-hydrogen) atoms. The van der Waals surface area contributed by atoms with E-state index in [9.17, 15) is 9.59 Å². The van der Waals surface area contributed by atoms with Crippen LogP contribution in [0.5, 0.6) is 0 Å². The van der Waals surface area contributed by atoms with Gasteiger partial charge in [-0.3, -0.25) is 9.59 Å². The van der Waals surface area contributed by atoms with Gasteiger partial charge in [0.1, 0.15) is 17.4 Å². The highest BCUT2D eigenvalue weighted by Crippen LogP contribution is 2.38. The summed E-state index contributed by atoms with van der Waals surface area (Å²) >= 11 is 3.49. The molecular formula is C29H26BrN5O2. The monoisotopic (exact) mass is 555 g/mol. The Hall–Kier alpha value is -4.17. The Morgan fingerprint density at radius 3 is 2.35 bits per heavy atom. The van der Waals surface area contributed by atoms with Crippen LogP contribution in [0.2, 0.25) is 0 Å². The molecule has 1 aromatic heterocycles. The second-order valence-electron chi connectivity index (χ2n) is 9.06. The molecule has 2 amide bonds. The summed E-state index contributed by atoms with van der Waals surface area (Å²) in [6, 6.07) is 22.4. The first-order valence-electron chi connectivity index (χ1n) is 11.9. The van der Waals surface area contributed by atoms with Gasteiger partial charge in [0.05, 0.1) is 11.8 Å². The van der Waals surface area contributed by atoms with Crippen LogP contribution >= 0.6 is 15.9 Å². The molecule has 186 valence electrons. The molecular weight excluding hydrogens is 530 g/mol. The van der Waals surface area contributed by atoms with Crippen molar-refractivity contribution in [2.75, 3.05) is 16.0 Å². The first-order chi connectivity index (χ1) is 17.8. The fraction of sp³-hybridized carbons (Fsp3) is 0.138. The second kappa shape index (κ2) is 10.1. The molecule has 0 bridgehead atoms. The minimum Gasteiger partial charge on any atom is -0.343 e. The van der Waals surface area contributed by atoms with E-state index >= 15 is 0 Å². The maximum absolute atomic E-state index is 13.7. The van der Waals surface area contributed by atoms with E-state index in [1.165, 1.54) is 6.20 Å². The number of amides is 2. The summed E-state index contributed by atoms with van der Waals surface area (Å²) in [6.45, 7) is 5.83. The van der Waals surface area contributed by atoms with Gasteiger partial charge in [-0.05, 0) is 62.2 Å². The fourth-order valence-corrected chi connectivity index (χ4v) is 4.80. The quantitative estimate of drug-likeness (QED) is 0.264. The van der Waals surface area contributed by atoms with Crippen LogP contribution in [0.4, 0.5) is 17.2 Å². The van der Waals surface area contributed by atoms with Crippen LogP contribution in [0.15, 0.2) is 94.7 Å². The van der Waals surface area contributed by atoms with Gasteiger partial charge in [0.15, 0.2) is 0 Å². The molecule has 0 unspecified atom stereocenters. The van der Waals surface area contributed by atoms with Gasteiger partial charge >= 0.3 is 0 Å². The number of carbonyl (C=O) groups is 2. The lowest BCUT2D eigenvalue weighted by Crippen LogP contribution is -2.32. The summed E-state index contributed by atoms with van der Waals surface area (Å²) in [5.41, 5.74) is 5.97. The maximum atomic E-state index is 13.7. The summed E-state index contributed by atoms with van der Waals surface area (Å²) < 4.78 is 2.63. The Labute approximate surface area is 223 Å². The average Bonchev–Trinajstić information content (AvgIpc) is 3.29. The van der Waals surface area contributed by atoms with Gasteiger partial charge in [-0.15, -0.1) is 0 Å². The van der Waals surface area contributed by atoms with E-state index in [1.54, 1.807) is 4.68 Å². The smallest absolute Gasteiger partial charge is 0.261 e. The molecule has 3 N–H and O–H groups in total. The molecule has 3 aromatic carbocycles. The molecule has 1 aliphatic heterocycles. The first-order valence-corrected chi connectivity index (χ1v) is 12.7. The van der Waals surface area contributed by atoms with Crippen LogP contribution in [0, 0.1) is 13.8 Å². The zero-order valence-electron chi connectivity index (χ0n) is 20.7. The van der Waals surface area contributed by atoms with E-state index < -0.39 is 6.04 Å². The molecule has 0 fully saturated rings. The molecule has 8 heteroatoms. The number of carbonyl (C=O) groups excluding carboxylic acids is 2. The summed E-state index contributed by atoms with van der Waals surface area (Å²) in [5, 5.41) is 13.8. The van der Waals surface area contributed by atoms with Crippen molar-refractivity contribution >= 4 is 44.9 Å². The molecule has 2 heterocycles. The van der Waals surface area contributed by atoms with Crippen molar-refractivity contribution in [1.82, 2.24) is 9.78 Å². The highest BCUT2D eigenvalue weighted by molar-refractivity contribution is 9.10. The van der Waals surface area contributed by atoms with Crippen molar-refractivity contribution in [1.29, 1.82) is 0 Å². The summed E-state index contributed by atoms with van der Waals surface area (Å²) in [7, 11) is 0. The number of aryl methyl sites for hydroxylation is 2. The van der Waals surface area contributed by atoms with Gasteiger partial charge in [-0.1, -0.05) is 64.0 Å². The van der Waals surface area contributed by atoms with Gasteiger partial charge in [-0.2, -0.15) is 5.10 Å². The molecule has 0 aliphatic carbocycles. The first kappa shape index (κ1) is 24.5. The van der Waals surface area contributed by atoms with Crippen molar-refractivity contribution in [2.24, 2.45) is 0 Å². The minimum atomic E-state index is -0.534. The largest absolute Gasteiger partial charge is 0.343 e. The minimum absolute atomic E-state index is 0.235. The van der Waals surface area contributed by atoms with Gasteiger partial charge in [0, 0.05) is 21.5 Å². The summed E-state index contributed by atoms with van der Waals surface area (Å²) in [6.07, 6.45) is 1.53. The van der Waals surface area contributed by atoms with Gasteiger partial charge in [0.2, 0.25) is 0 Å². The van der Waals surface area contributed by atoms with E-state index in [-0.39, 0.29) is 11.8 Å². The van der Waals surface area contributed by atoms with Crippen LogP contribution in [0.25, 0.3) is 0 Å². The summed E-state index contributed by atoms with van der Waals surface area (Å²) in [5.74, 6) is 0.00807. The lowest BCUT2D eigenvalue weighted by molar-refractivity contribution is -0.113. The van der Waals surface area contributed by atoms with Crippen LogP contribution < -0.4 is 16.0 Å². The molecule has 1 atom stereocenters. The lowest BCUT2D eigenvalue weighted by Gasteiger charge is -2.30. The topological polar surface area (TPSA) is 88.0 Å². The Balaban J connectivity index is 1.55. The van der Waals surface area contributed by atoms with Crippen molar-refractivity contribution in [3.8, 4) is 0 Å². The SMILES string of the molecule is CC1=C(C(=O)Nc2ccc(C)cc2C)[C@H](c2ccc(Br)cc2)n2ncc(C(=O)Nc3ccccc3)c2N1. The Morgan fingerprint density at radius 1 is 0.919 bits per heavy atom. The number of halogens is 1. The number of rotatable bonds is 5. The van der Waals surface area contributed by atoms with E-state index in [4.69, 9.17) is 0 Å². The number of fused-ring (bicyclic) bond motifs is 1. The van der Waals surface area contributed by atoms with E-state index in [0.29, 0.717) is 28.3 Å². The number of anilines is 3. The Kier molecular flexibility index (Phi) is 6.67. The molecule has 5 rings (SSSR count). The maximum Gasteiger partial charge on any atom is 0.261 e. The molecule has 0 saturated heterocycles. The fourth-order valence-electron chi connectivity index (χ4n) is 4.53. The van der Waals surface area contributed by atoms with Crippen molar-refractivity contribution < 1.29 is 9.59 Å². The molecule has 0 spiro atoms. The van der Waals surface area contributed by atoms with Crippen LogP contribution in [0.1, 0.15) is 40.0 Å². The number of para-hydroxylation sites is 1. The number of benzene rings is 3. The molecule has 0 radical (unpaired) electrons. The normalized spacial score (nSPS) is 14.5. The predicted octanol–water partition coefficient (Wildman–Crippen LogP) is 6.44. The van der Waals surface area contributed by atoms with Crippen LogP contribution in [-0.4, -0.2) is 21.6 Å². The Morgan fingerprint density at radius 2 is 1.65 bits per heavy atom. The number of hydrogen-bond acceptors (Lipinski definition) is 4. The van der Waals surface area contributed by atoms with Crippen molar-refractivity contribution in [3.05, 3.63) is 117 Å². The van der Waals surface area contributed by atoms with Gasteiger partial charge in [-0.25, -0.2) is 4.68 Å². The Bertz CT molecular complexity index is 1520. The molecule has 7 nitrogen and oxygen atoms in total. The zero-order chi connectivity index (χ0) is 26.1. The highest BCUT2D eigenvalue weighted by Gasteiger charge is 2.35. The standard InChI is InChI=1S/C29H26BrN5O2/c1-17-9-14-24(18(2)15-17)34-29(37)25-19(3)32-27-23(28(36)33-22-7-5-4-6-8-22)16-31-35(27)26(25)20-10-12-21(30)13-11-20/h4-16,26,32H,1-3H3,(H,33,36)(H,34,37)/t26-/m0/s1. The van der Waals surface area contributed by atoms with Crippen molar-refractivity contribution in [2.45, 2.75) is 26.8 Å². The molecule has 4 aromatic rings. The number of aromatic nitrogens is 2. The third-order valence-electron chi connectivity index (χ3n) is 6.36. The van der Waals surface area contributed by atoms with Crippen LogP contribution in [0.3, 0.4) is 0 Å². The number of nitrogens with one attached hydrogen (secondary N) is 3. The number of nitrogens with zero attached hydrogens (tertiary/aromatic N) is 2. The van der Waals surface area contributed by atoms with Gasteiger partial charge < -0.3 is 16.0 Å². The highest BCUT2D eigenvalue weighted by atomic mass is 79.9. The average molecular weight is 556 g/mol. The van der Waals surface area contributed by atoms with E-state index in [0.717, 1.165) is 26.9 Å². The summed E-state index contributed by atoms with van der Waals surface area (Å²) in [4.78, 5) is 26.9. The van der Waals surface area contributed by atoms with Crippen LogP contribution in [-0.2, 0) is 4.79 Å².